The minimum absolute atomic E-state index is 0.0222. The van der Waals surface area contributed by atoms with Crippen molar-refractivity contribution in [3.05, 3.63) is 54.1 Å². The van der Waals surface area contributed by atoms with Crippen molar-refractivity contribution in [2.45, 2.75) is 18.5 Å². The number of ether oxygens (including phenoxy) is 1. The number of rotatable bonds is 3. The van der Waals surface area contributed by atoms with Crippen molar-refractivity contribution in [2.75, 3.05) is 20.2 Å². The molecule has 4 rings (SSSR count). The van der Waals surface area contributed by atoms with E-state index in [9.17, 15) is 14.4 Å². The molecule has 2 saturated heterocycles. The Balaban J connectivity index is 1.63. The van der Waals surface area contributed by atoms with Gasteiger partial charge in [-0.3, -0.25) is 14.4 Å². The van der Waals surface area contributed by atoms with E-state index in [0.29, 0.717) is 18.7 Å². The molecule has 1 N–H and O–H groups in total. The molecular formula is C19H20N4O4. The number of imidazole rings is 1. The van der Waals surface area contributed by atoms with Gasteiger partial charge in [-0.2, -0.15) is 0 Å². The van der Waals surface area contributed by atoms with E-state index in [1.165, 1.54) is 24.5 Å². The van der Waals surface area contributed by atoms with Crippen molar-refractivity contribution >= 4 is 17.8 Å². The number of benzene rings is 1. The molecule has 1 aromatic carbocycles. The maximum absolute atomic E-state index is 13.0. The van der Waals surface area contributed by atoms with Crippen LogP contribution in [-0.2, 0) is 14.3 Å². The Morgan fingerprint density at radius 2 is 2.04 bits per heavy atom. The molecule has 2 aliphatic heterocycles. The lowest BCUT2D eigenvalue weighted by molar-refractivity contribution is -0.147. The van der Waals surface area contributed by atoms with E-state index in [0.717, 1.165) is 5.56 Å². The average Bonchev–Trinajstić information content (AvgIpc) is 3.35. The minimum atomic E-state index is -0.450. The third-order valence-electron chi connectivity index (χ3n) is 5.31. The molecule has 2 amide bonds. The molecule has 0 bridgehead atoms. The smallest absolute Gasteiger partial charge is 0.311 e. The van der Waals surface area contributed by atoms with Crippen LogP contribution in [0.2, 0.25) is 0 Å². The zero-order chi connectivity index (χ0) is 19.0. The quantitative estimate of drug-likeness (QED) is 0.816. The molecule has 0 radical (unpaired) electrons. The SMILES string of the molecule is COC(=O)[C@H]1C[C@H]2CN(C(=O)c3cnc[nH]3)CC(=O)N2[C@H]1c1ccccc1. The van der Waals surface area contributed by atoms with Crippen molar-refractivity contribution in [3.63, 3.8) is 0 Å². The molecule has 0 saturated carbocycles. The molecule has 8 heteroatoms. The summed E-state index contributed by atoms with van der Waals surface area (Å²) in [6.07, 6.45) is 3.34. The predicted molar refractivity (Wildman–Crippen MR) is 94.4 cm³/mol. The molecule has 27 heavy (non-hydrogen) atoms. The first-order valence-electron chi connectivity index (χ1n) is 8.81. The third kappa shape index (κ3) is 2.97. The number of methoxy groups -OCH3 is 1. The molecule has 3 heterocycles. The number of fused-ring (bicyclic) bond motifs is 1. The van der Waals surface area contributed by atoms with Crippen LogP contribution in [0.4, 0.5) is 0 Å². The van der Waals surface area contributed by atoms with Gasteiger partial charge in [0.25, 0.3) is 5.91 Å². The second-order valence-corrected chi connectivity index (χ2v) is 6.83. The van der Waals surface area contributed by atoms with Crippen LogP contribution in [0.5, 0.6) is 0 Å². The van der Waals surface area contributed by atoms with Gasteiger partial charge in [0.2, 0.25) is 5.91 Å². The van der Waals surface area contributed by atoms with Crippen molar-refractivity contribution in [1.82, 2.24) is 19.8 Å². The number of H-pyrrole nitrogens is 1. The monoisotopic (exact) mass is 368 g/mol. The number of aromatic amines is 1. The standard InChI is InChI=1S/C19H20N4O4/c1-27-19(26)14-7-13-9-22(18(25)15-8-20-11-21-15)10-16(24)23(13)17(14)12-5-3-2-4-6-12/h2-6,8,11,13-14,17H,7,9-10H2,1H3,(H,20,21)/t13-,14-,17-/m0/s1. The number of hydrogen-bond donors (Lipinski definition) is 1. The molecular weight excluding hydrogens is 348 g/mol. The number of amides is 2. The number of aromatic nitrogens is 2. The van der Waals surface area contributed by atoms with Crippen LogP contribution in [0, 0.1) is 5.92 Å². The topological polar surface area (TPSA) is 95.6 Å². The first-order chi connectivity index (χ1) is 13.1. The number of nitrogens with zero attached hydrogens (tertiary/aromatic N) is 3. The van der Waals surface area contributed by atoms with Gasteiger partial charge in [0.15, 0.2) is 0 Å². The Bertz CT molecular complexity index is 852. The second-order valence-electron chi connectivity index (χ2n) is 6.83. The zero-order valence-corrected chi connectivity index (χ0v) is 14.9. The number of esters is 1. The van der Waals surface area contributed by atoms with Crippen LogP contribution in [0.3, 0.4) is 0 Å². The minimum Gasteiger partial charge on any atom is -0.469 e. The Labute approximate surface area is 156 Å². The van der Waals surface area contributed by atoms with Crippen LogP contribution < -0.4 is 0 Å². The van der Waals surface area contributed by atoms with Crippen LogP contribution in [0.25, 0.3) is 0 Å². The molecule has 0 aliphatic carbocycles. The third-order valence-corrected chi connectivity index (χ3v) is 5.31. The van der Waals surface area contributed by atoms with Crippen molar-refractivity contribution in [3.8, 4) is 0 Å². The van der Waals surface area contributed by atoms with E-state index in [1.807, 2.05) is 30.3 Å². The molecule has 1 aromatic heterocycles. The normalized spacial score (nSPS) is 24.6. The lowest BCUT2D eigenvalue weighted by Gasteiger charge is -2.39. The van der Waals surface area contributed by atoms with Gasteiger partial charge < -0.3 is 19.5 Å². The molecule has 0 spiro atoms. The summed E-state index contributed by atoms with van der Waals surface area (Å²) in [5.41, 5.74) is 1.25. The number of hydrogen-bond acceptors (Lipinski definition) is 5. The van der Waals surface area contributed by atoms with Gasteiger partial charge in [-0.1, -0.05) is 30.3 Å². The average molecular weight is 368 g/mol. The highest BCUT2D eigenvalue weighted by Crippen LogP contribution is 2.43. The lowest BCUT2D eigenvalue weighted by Crippen LogP contribution is -2.55. The first kappa shape index (κ1) is 17.3. The van der Waals surface area contributed by atoms with Crippen molar-refractivity contribution in [1.29, 1.82) is 0 Å². The molecule has 140 valence electrons. The summed E-state index contributed by atoms with van der Waals surface area (Å²) < 4.78 is 4.99. The van der Waals surface area contributed by atoms with E-state index in [2.05, 4.69) is 9.97 Å². The highest BCUT2D eigenvalue weighted by molar-refractivity contribution is 5.96. The van der Waals surface area contributed by atoms with Crippen molar-refractivity contribution < 1.29 is 19.1 Å². The van der Waals surface area contributed by atoms with Crippen LogP contribution in [0.1, 0.15) is 28.5 Å². The molecule has 0 unspecified atom stereocenters. The first-order valence-corrected chi connectivity index (χ1v) is 8.81. The Morgan fingerprint density at radius 1 is 1.26 bits per heavy atom. The summed E-state index contributed by atoms with van der Waals surface area (Å²) in [5, 5.41) is 0. The Morgan fingerprint density at radius 3 is 2.70 bits per heavy atom. The fraction of sp³-hybridized carbons (Fsp3) is 0.368. The van der Waals surface area contributed by atoms with Gasteiger partial charge >= 0.3 is 5.97 Å². The number of carbonyl (C=O) groups is 3. The van der Waals surface area contributed by atoms with Gasteiger partial charge in [0.05, 0.1) is 37.6 Å². The summed E-state index contributed by atoms with van der Waals surface area (Å²) >= 11 is 0. The summed E-state index contributed by atoms with van der Waals surface area (Å²) in [6.45, 7) is 0.353. The molecule has 2 fully saturated rings. The highest BCUT2D eigenvalue weighted by Gasteiger charge is 2.51. The predicted octanol–water partition coefficient (Wildman–Crippen LogP) is 0.997. The summed E-state index contributed by atoms with van der Waals surface area (Å²) in [6, 6.07) is 8.90. The van der Waals surface area contributed by atoms with E-state index >= 15 is 0 Å². The zero-order valence-electron chi connectivity index (χ0n) is 14.9. The van der Waals surface area contributed by atoms with E-state index in [1.54, 1.807) is 4.90 Å². The second kappa shape index (κ2) is 6.86. The molecule has 2 aromatic rings. The van der Waals surface area contributed by atoms with E-state index < -0.39 is 5.92 Å². The van der Waals surface area contributed by atoms with Gasteiger partial charge in [-0.05, 0) is 12.0 Å². The summed E-state index contributed by atoms with van der Waals surface area (Å²) in [5.74, 6) is -1.22. The highest BCUT2D eigenvalue weighted by atomic mass is 16.5. The van der Waals surface area contributed by atoms with Gasteiger partial charge in [-0.25, -0.2) is 4.98 Å². The van der Waals surface area contributed by atoms with Gasteiger partial charge in [0.1, 0.15) is 12.2 Å². The Hall–Kier alpha value is -3.16. The number of carbonyl (C=O) groups excluding carboxylic acids is 3. The Kier molecular flexibility index (Phi) is 4.39. The maximum atomic E-state index is 13.0. The fourth-order valence-electron chi connectivity index (χ4n) is 4.16. The largest absolute Gasteiger partial charge is 0.469 e. The molecule has 3 atom stereocenters. The fourth-order valence-corrected chi connectivity index (χ4v) is 4.16. The summed E-state index contributed by atoms with van der Waals surface area (Å²) in [7, 11) is 1.36. The van der Waals surface area contributed by atoms with Gasteiger partial charge in [-0.15, -0.1) is 0 Å². The number of nitrogens with one attached hydrogen (secondary N) is 1. The summed E-state index contributed by atoms with van der Waals surface area (Å²) in [4.78, 5) is 47.9. The number of piperazine rings is 1. The maximum Gasteiger partial charge on any atom is 0.311 e. The van der Waals surface area contributed by atoms with Crippen LogP contribution in [-0.4, -0.2) is 63.8 Å². The lowest BCUT2D eigenvalue weighted by atomic mass is 9.93. The van der Waals surface area contributed by atoms with Crippen molar-refractivity contribution in [2.24, 2.45) is 5.92 Å². The van der Waals surface area contributed by atoms with Crippen LogP contribution >= 0.6 is 0 Å². The van der Waals surface area contributed by atoms with Gasteiger partial charge in [0, 0.05) is 6.54 Å². The van der Waals surface area contributed by atoms with Crippen LogP contribution in [0.15, 0.2) is 42.9 Å². The molecule has 8 nitrogen and oxygen atoms in total. The van der Waals surface area contributed by atoms with E-state index in [-0.39, 0.29) is 36.4 Å². The molecule has 2 aliphatic rings. The van der Waals surface area contributed by atoms with E-state index in [4.69, 9.17) is 4.74 Å².